The van der Waals surface area contributed by atoms with E-state index in [4.69, 9.17) is 0 Å². The molecule has 0 N–H and O–H groups in total. The second-order valence-electron chi connectivity index (χ2n) is 4.45. The summed E-state index contributed by atoms with van der Waals surface area (Å²) >= 11 is 0. The molecule has 16 heavy (non-hydrogen) atoms. The van der Waals surface area contributed by atoms with Gasteiger partial charge in [-0.3, -0.25) is 0 Å². The van der Waals surface area contributed by atoms with Gasteiger partial charge in [-0.25, -0.2) is 8.42 Å². The van der Waals surface area contributed by atoms with Gasteiger partial charge in [-0.15, -0.1) is 0 Å². The van der Waals surface area contributed by atoms with E-state index in [-0.39, 0.29) is 6.04 Å². The molecule has 4 heteroatoms. The van der Waals surface area contributed by atoms with Crippen molar-refractivity contribution in [1.82, 2.24) is 4.31 Å². The SMILES string of the molecule is Cc1cccc(C2CCCN2S(C)(=O)=O)c1. The maximum absolute atomic E-state index is 11.6. The van der Waals surface area contributed by atoms with Crippen LogP contribution < -0.4 is 0 Å². The molecule has 0 bridgehead atoms. The first-order valence-corrected chi connectivity index (χ1v) is 7.37. The van der Waals surface area contributed by atoms with Crippen molar-refractivity contribution in [2.75, 3.05) is 12.8 Å². The molecule has 1 unspecified atom stereocenters. The molecule has 1 atom stereocenters. The highest BCUT2D eigenvalue weighted by Crippen LogP contribution is 2.33. The molecular formula is C12H17NO2S. The Morgan fingerprint density at radius 1 is 1.38 bits per heavy atom. The minimum absolute atomic E-state index is 0.0369. The lowest BCUT2D eigenvalue weighted by Crippen LogP contribution is -2.29. The van der Waals surface area contributed by atoms with E-state index in [1.807, 2.05) is 25.1 Å². The Hall–Kier alpha value is -0.870. The molecule has 1 aliphatic rings. The zero-order chi connectivity index (χ0) is 11.8. The minimum atomic E-state index is -3.08. The van der Waals surface area contributed by atoms with Crippen LogP contribution in [0.4, 0.5) is 0 Å². The normalized spacial score (nSPS) is 22.5. The summed E-state index contributed by atoms with van der Waals surface area (Å²) in [7, 11) is -3.08. The molecule has 1 saturated heterocycles. The maximum atomic E-state index is 11.6. The van der Waals surface area contributed by atoms with E-state index < -0.39 is 10.0 Å². The van der Waals surface area contributed by atoms with Crippen molar-refractivity contribution in [1.29, 1.82) is 0 Å². The number of sulfonamides is 1. The summed E-state index contributed by atoms with van der Waals surface area (Å²) in [5.41, 5.74) is 2.29. The van der Waals surface area contributed by atoms with Gasteiger partial charge in [0.1, 0.15) is 0 Å². The van der Waals surface area contributed by atoms with E-state index in [1.54, 1.807) is 4.31 Å². The molecular weight excluding hydrogens is 222 g/mol. The summed E-state index contributed by atoms with van der Waals surface area (Å²) in [6.45, 7) is 2.68. The summed E-state index contributed by atoms with van der Waals surface area (Å²) in [6.07, 6.45) is 3.17. The summed E-state index contributed by atoms with van der Waals surface area (Å²) in [6, 6.07) is 8.15. The second kappa shape index (κ2) is 4.18. The van der Waals surface area contributed by atoms with Gasteiger partial charge in [0.25, 0.3) is 0 Å². The zero-order valence-electron chi connectivity index (χ0n) is 9.68. The average molecular weight is 239 g/mol. The Morgan fingerprint density at radius 2 is 2.12 bits per heavy atom. The molecule has 0 aliphatic carbocycles. The molecule has 3 nitrogen and oxygen atoms in total. The van der Waals surface area contributed by atoms with Crippen LogP contribution in [0.25, 0.3) is 0 Å². The lowest BCUT2D eigenvalue weighted by atomic mass is 10.0. The molecule has 1 fully saturated rings. The molecule has 1 aromatic carbocycles. The van der Waals surface area contributed by atoms with Crippen LogP contribution in [0.2, 0.25) is 0 Å². The molecule has 0 aromatic heterocycles. The first kappa shape index (κ1) is 11.6. The van der Waals surface area contributed by atoms with Crippen LogP contribution in [0.3, 0.4) is 0 Å². The van der Waals surface area contributed by atoms with Crippen molar-refractivity contribution in [3.8, 4) is 0 Å². The fourth-order valence-electron chi connectivity index (χ4n) is 2.35. The highest BCUT2D eigenvalue weighted by Gasteiger charge is 2.32. The summed E-state index contributed by atoms with van der Waals surface area (Å²) in [4.78, 5) is 0. The van der Waals surface area contributed by atoms with Gasteiger partial charge in [0.2, 0.25) is 10.0 Å². The van der Waals surface area contributed by atoms with Crippen LogP contribution in [0.15, 0.2) is 24.3 Å². The van der Waals surface area contributed by atoms with E-state index in [1.165, 1.54) is 11.8 Å². The standard InChI is InChI=1S/C12H17NO2S/c1-10-5-3-6-11(9-10)12-7-4-8-13(12)16(2,14)15/h3,5-6,9,12H,4,7-8H2,1-2H3. The van der Waals surface area contributed by atoms with Crippen LogP contribution in [-0.2, 0) is 10.0 Å². The molecule has 1 aliphatic heterocycles. The summed E-state index contributed by atoms with van der Waals surface area (Å²) in [5.74, 6) is 0. The number of hydrogen-bond donors (Lipinski definition) is 0. The van der Waals surface area contributed by atoms with Gasteiger partial charge in [0.05, 0.1) is 6.26 Å². The van der Waals surface area contributed by atoms with Gasteiger partial charge in [0, 0.05) is 12.6 Å². The topological polar surface area (TPSA) is 37.4 Å². The monoisotopic (exact) mass is 239 g/mol. The van der Waals surface area contributed by atoms with Crippen molar-refractivity contribution >= 4 is 10.0 Å². The predicted octanol–water partition coefficient (Wildman–Crippen LogP) is 2.09. The van der Waals surface area contributed by atoms with Gasteiger partial charge in [-0.05, 0) is 25.3 Å². The molecule has 0 spiro atoms. The number of aryl methyl sites for hydroxylation is 1. The molecule has 0 saturated carbocycles. The molecule has 1 aromatic rings. The third-order valence-electron chi connectivity index (χ3n) is 3.06. The molecule has 0 radical (unpaired) electrons. The van der Waals surface area contributed by atoms with E-state index in [0.29, 0.717) is 6.54 Å². The van der Waals surface area contributed by atoms with Crippen molar-refractivity contribution in [3.63, 3.8) is 0 Å². The fourth-order valence-corrected chi connectivity index (χ4v) is 3.50. The largest absolute Gasteiger partial charge is 0.212 e. The third-order valence-corrected chi connectivity index (χ3v) is 4.35. The fraction of sp³-hybridized carbons (Fsp3) is 0.500. The minimum Gasteiger partial charge on any atom is -0.212 e. The van der Waals surface area contributed by atoms with Gasteiger partial charge in [0.15, 0.2) is 0 Å². The first-order chi connectivity index (χ1) is 7.48. The Labute approximate surface area is 97.1 Å². The van der Waals surface area contributed by atoms with E-state index in [2.05, 4.69) is 6.07 Å². The first-order valence-electron chi connectivity index (χ1n) is 5.52. The Bertz CT molecular complexity index is 482. The zero-order valence-corrected chi connectivity index (χ0v) is 10.5. The summed E-state index contributed by atoms with van der Waals surface area (Å²) in [5, 5.41) is 0. The lowest BCUT2D eigenvalue weighted by Gasteiger charge is -2.22. The van der Waals surface area contributed by atoms with E-state index >= 15 is 0 Å². The number of benzene rings is 1. The molecule has 88 valence electrons. The van der Waals surface area contributed by atoms with Crippen LogP contribution >= 0.6 is 0 Å². The highest BCUT2D eigenvalue weighted by molar-refractivity contribution is 7.88. The van der Waals surface area contributed by atoms with Crippen molar-refractivity contribution in [2.45, 2.75) is 25.8 Å². The van der Waals surface area contributed by atoms with Gasteiger partial charge in [-0.2, -0.15) is 4.31 Å². The average Bonchev–Trinajstić information content (AvgIpc) is 2.65. The van der Waals surface area contributed by atoms with E-state index in [9.17, 15) is 8.42 Å². The Kier molecular flexibility index (Phi) is 3.04. The lowest BCUT2D eigenvalue weighted by molar-refractivity contribution is 0.400. The van der Waals surface area contributed by atoms with Crippen LogP contribution in [0.5, 0.6) is 0 Å². The van der Waals surface area contributed by atoms with Gasteiger partial charge >= 0.3 is 0 Å². The quantitative estimate of drug-likeness (QED) is 0.792. The number of nitrogens with zero attached hydrogens (tertiary/aromatic N) is 1. The second-order valence-corrected chi connectivity index (χ2v) is 6.38. The van der Waals surface area contributed by atoms with E-state index in [0.717, 1.165) is 18.4 Å². The highest BCUT2D eigenvalue weighted by atomic mass is 32.2. The summed E-state index contributed by atoms with van der Waals surface area (Å²) < 4.78 is 24.9. The van der Waals surface area contributed by atoms with Crippen molar-refractivity contribution in [3.05, 3.63) is 35.4 Å². The van der Waals surface area contributed by atoms with Crippen LogP contribution in [0, 0.1) is 6.92 Å². The third kappa shape index (κ3) is 2.28. The smallest absolute Gasteiger partial charge is 0.211 e. The predicted molar refractivity (Wildman–Crippen MR) is 64.7 cm³/mol. The Balaban J connectivity index is 2.34. The maximum Gasteiger partial charge on any atom is 0.211 e. The van der Waals surface area contributed by atoms with Crippen LogP contribution in [-0.4, -0.2) is 25.5 Å². The van der Waals surface area contributed by atoms with Crippen LogP contribution in [0.1, 0.15) is 30.0 Å². The molecule has 1 heterocycles. The van der Waals surface area contributed by atoms with Gasteiger partial charge in [-0.1, -0.05) is 29.8 Å². The number of hydrogen-bond acceptors (Lipinski definition) is 2. The van der Waals surface area contributed by atoms with Crippen molar-refractivity contribution < 1.29 is 8.42 Å². The van der Waals surface area contributed by atoms with Gasteiger partial charge < -0.3 is 0 Å². The number of rotatable bonds is 2. The van der Waals surface area contributed by atoms with Crippen molar-refractivity contribution in [2.24, 2.45) is 0 Å². The Morgan fingerprint density at radius 3 is 2.75 bits per heavy atom. The molecule has 0 amide bonds. The molecule has 2 rings (SSSR count).